The normalized spacial score (nSPS) is 10.3. The van der Waals surface area contributed by atoms with Gasteiger partial charge in [-0.25, -0.2) is 9.78 Å². The molecule has 19 heavy (non-hydrogen) atoms. The number of anilines is 1. The van der Waals surface area contributed by atoms with Crippen molar-refractivity contribution < 1.29 is 14.7 Å². The van der Waals surface area contributed by atoms with Crippen molar-refractivity contribution in [3.63, 3.8) is 0 Å². The Morgan fingerprint density at radius 2 is 2.16 bits per heavy atom. The zero-order valence-electron chi connectivity index (χ0n) is 11.1. The summed E-state index contributed by atoms with van der Waals surface area (Å²) in [5.41, 5.74) is 0.102. The fourth-order valence-corrected chi connectivity index (χ4v) is 1.42. The van der Waals surface area contributed by atoms with Crippen molar-refractivity contribution in [2.75, 3.05) is 18.4 Å². The number of rotatable bonds is 7. The number of hydrogen-bond acceptors (Lipinski definition) is 4. The highest BCUT2D eigenvalue weighted by Crippen LogP contribution is 2.10. The van der Waals surface area contributed by atoms with Gasteiger partial charge in [-0.3, -0.25) is 4.79 Å². The number of amides is 1. The summed E-state index contributed by atoms with van der Waals surface area (Å²) in [6.45, 7) is 5.03. The van der Waals surface area contributed by atoms with E-state index >= 15 is 0 Å². The van der Waals surface area contributed by atoms with E-state index in [1.165, 1.54) is 12.3 Å². The predicted molar refractivity (Wildman–Crippen MR) is 72.2 cm³/mol. The summed E-state index contributed by atoms with van der Waals surface area (Å²) in [5, 5.41) is 14.6. The molecule has 0 bridgehead atoms. The molecule has 1 heterocycles. The van der Waals surface area contributed by atoms with Crippen LogP contribution in [-0.2, 0) is 4.79 Å². The Hall–Kier alpha value is -2.11. The molecule has 3 N–H and O–H groups in total. The second-order valence-corrected chi connectivity index (χ2v) is 4.58. The molecule has 0 saturated heterocycles. The van der Waals surface area contributed by atoms with Gasteiger partial charge in [0.25, 0.3) is 0 Å². The van der Waals surface area contributed by atoms with Gasteiger partial charge in [-0.2, -0.15) is 0 Å². The maximum Gasteiger partial charge on any atom is 0.339 e. The minimum atomic E-state index is -1.04. The number of nitrogens with zero attached hydrogens (tertiary/aromatic N) is 1. The molecule has 0 aromatic carbocycles. The smallest absolute Gasteiger partial charge is 0.339 e. The van der Waals surface area contributed by atoms with Crippen molar-refractivity contribution >= 4 is 17.7 Å². The molecule has 0 fully saturated rings. The van der Waals surface area contributed by atoms with E-state index in [4.69, 9.17) is 5.11 Å². The molecule has 1 amide bonds. The number of hydrogen-bond donors (Lipinski definition) is 3. The van der Waals surface area contributed by atoms with Crippen LogP contribution >= 0.6 is 0 Å². The number of pyridine rings is 1. The molecular weight excluding hydrogens is 246 g/mol. The molecule has 0 spiro atoms. The van der Waals surface area contributed by atoms with Crippen LogP contribution in [0.25, 0.3) is 0 Å². The molecule has 0 aliphatic rings. The summed E-state index contributed by atoms with van der Waals surface area (Å²) in [5.74, 6) is -0.410. The molecule has 104 valence electrons. The van der Waals surface area contributed by atoms with Gasteiger partial charge in [-0.05, 0) is 18.1 Å². The Bertz CT molecular complexity index is 447. The average Bonchev–Trinajstić information content (AvgIpc) is 2.36. The van der Waals surface area contributed by atoms with Crippen LogP contribution in [0.2, 0.25) is 0 Å². The van der Waals surface area contributed by atoms with Crippen LogP contribution in [0.1, 0.15) is 30.6 Å². The van der Waals surface area contributed by atoms with E-state index in [1.807, 2.05) is 13.8 Å². The van der Waals surface area contributed by atoms with Gasteiger partial charge in [0.15, 0.2) is 0 Å². The summed E-state index contributed by atoms with van der Waals surface area (Å²) >= 11 is 0. The second-order valence-electron chi connectivity index (χ2n) is 4.58. The number of carboxylic acids is 1. The van der Waals surface area contributed by atoms with Crippen LogP contribution in [0.4, 0.5) is 5.82 Å². The summed E-state index contributed by atoms with van der Waals surface area (Å²) in [7, 11) is 0. The van der Waals surface area contributed by atoms with Crippen LogP contribution < -0.4 is 10.6 Å². The largest absolute Gasteiger partial charge is 0.478 e. The number of carbonyl (C=O) groups excluding carboxylic acids is 1. The Balaban J connectivity index is 2.41. The van der Waals surface area contributed by atoms with E-state index in [9.17, 15) is 9.59 Å². The Morgan fingerprint density at radius 3 is 2.79 bits per heavy atom. The molecule has 0 aliphatic carbocycles. The monoisotopic (exact) mass is 265 g/mol. The van der Waals surface area contributed by atoms with E-state index < -0.39 is 5.97 Å². The van der Waals surface area contributed by atoms with Crippen molar-refractivity contribution in [3.05, 3.63) is 23.9 Å². The lowest BCUT2D eigenvalue weighted by atomic mass is 10.2. The van der Waals surface area contributed by atoms with Crippen LogP contribution in [0.3, 0.4) is 0 Å². The van der Waals surface area contributed by atoms with Crippen molar-refractivity contribution in [2.24, 2.45) is 5.92 Å². The molecule has 1 rings (SSSR count). The summed E-state index contributed by atoms with van der Waals surface area (Å²) in [6.07, 6.45) is 1.79. The molecule has 6 heteroatoms. The van der Waals surface area contributed by atoms with Gasteiger partial charge in [0, 0.05) is 25.7 Å². The van der Waals surface area contributed by atoms with Gasteiger partial charge in [0.2, 0.25) is 5.91 Å². The molecule has 6 nitrogen and oxygen atoms in total. The highest BCUT2D eigenvalue weighted by molar-refractivity contribution is 5.93. The van der Waals surface area contributed by atoms with E-state index in [2.05, 4.69) is 15.6 Å². The third kappa shape index (κ3) is 5.37. The van der Waals surface area contributed by atoms with E-state index in [-0.39, 0.29) is 23.7 Å². The molecule has 0 saturated carbocycles. The van der Waals surface area contributed by atoms with Crippen molar-refractivity contribution in [1.82, 2.24) is 10.3 Å². The summed E-state index contributed by atoms with van der Waals surface area (Å²) in [6, 6.07) is 3.03. The summed E-state index contributed by atoms with van der Waals surface area (Å²) in [4.78, 5) is 26.4. The molecule has 1 aromatic heterocycles. The Labute approximate surface area is 112 Å². The second kappa shape index (κ2) is 7.35. The number of aromatic carboxylic acids is 1. The standard InChI is InChI=1S/C13H19N3O3/c1-9(2)8-16-11(17)5-7-15-12-10(13(18)19)4-3-6-14-12/h3-4,6,9H,5,7-8H2,1-2H3,(H,14,15)(H,16,17)(H,18,19). The lowest BCUT2D eigenvalue weighted by Crippen LogP contribution is -2.28. The molecular formula is C13H19N3O3. The van der Waals surface area contributed by atoms with Gasteiger partial charge >= 0.3 is 5.97 Å². The first kappa shape index (κ1) is 14.9. The molecule has 1 aromatic rings. The van der Waals surface area contributed by atoms with Gasteiger partial charge in [-0.15, -0.1) is 0 Å². The fourth-order valence-electron chi connectivity index (χ4n) is 1.42. The molecule has 0 unspecified atom stereocenters. The number of carboxylic acid groups (broad SMARTS) is 1. The number of carbonyl (C=O) groups is 2. The maximum absolute atomic E-state index is 11.5. The minimum absolute atomic E-state index is 0.0611. The van der Waals surface area contributed by atoms with Gasteiger partial charge in [0.1, 0.15) is 11.4 Å². The molecule has 0 atom stereocenters. The van der Waals surface area contributed by atoms with Gasteiger partial charge < -0.3 is 15.7 Å². The predicted octanol–water partition coefficient (Wildman–Crippen LogP) is 1.35. The van der Waals surface area contributed by atoms with Crippen LogP contribution in [0.5, 0.6) is 0 Å². The van der Waals surface area contributed by atoms with E-state index in [0.717, 1.165) is 0 Å². The zero-order valence-corrected chi connectivity index (χ0v) is 11.1. The quantitative estimate of drug-likeness (QED) is 0.692. The van der Waals surface area contributed by atoms with E-state index in [0.29, 0.717) is 19.0 Å². The van der Waals surface area contributed by atoms with Crippen LogP contribution in [-0.4, -0.2) is 35.1 Å². The first-order valence-electron chi connectivity index (χ1n) is 6.19. The maximum atomic E-state index is 11.5. The average molecular weight is 265 g/mol. The molecule has 0 aliphatic heterocycles. The Morgan fingerprint density at radius 1 is 1.42 bits per heavy atom. The summed E-state index contributed by atoms with van der Waals surface area (Å²) < 4.78 is 0. The highest BCUT2D eigenvalue weighted by atomic mass is 16.4. The van der Waals surface area contributed by atoms with Crippen molar-refractivity contribution in [1.29, 1.82) is 0 Å². The Kier molecular flexibility index (Phi) is 5.78. The SMILES string of the molecule is CC(C)CNC(=O)CCNc1ncccc1C(=O)O. The zero-order chi connectivity index (χ0) is 14.3. The van der Waals surface area contributed by atoms with Crippen molar-refractivity contribution in [2.45, 2.75) is 20.3 Å². The van der Waals surface area contributed by atoms with Gasteiger partial charge in [-0.1, -0.05) is 13.8 Å². The third-order valence-electron chi connectivity index (χ3n) is 2.39. The van der Waals surface area contributed by atoms with Crippen molar-refractivity contribution in [3.8, 4) is 0 Å². The fraction of sp³-hybridized carbons (Fsp3) is 0.462. The minimum Gasteiger partial charge on any atom is -0.478 e. The first-order chi connectivity index (χ1) is 9.00. The molecule has 0 radical (unpaired) electrons. The number of aromatic nitrogens is 1. The topological polar surface area (TPSA) is 91.3 Å². The van der Waals surface area contributed by atoms with Gasteiger partial charge in [0.05, 0.1) is 0 Å². The third-order valence-corrected chi connectivity index (χ3v) is 2.39. The number of nitrogens with one attached hydrogen (secondary N) is 2. The van der Waals surface area contributed by atoms with E-state index in [1.54, 1.807) is 6.07 Å². The highest BCUT2D eigenvalue weighted by Gasteiger charge is 2.10. The van der Waals surface area contributed by atoms with Crippen LogP contribution in [0.15, 0.2) is 18.3 Å². The lowest BCUT2D eigenvalue weighted by Gasteiger charge is -2.09. The first-order valence-corrected chi connectivity index (χ1v) is 6.19. The lowest BCUT2D eigenvalue weighted by molar-refractivity contribution is -0.120. The van der Waals surface area contributed by atoms with Crippen LogP contribution in [0, 0.1) is 5.92 Å².